The zero-order valence-electron chi connectivity index (χ0n) is 13.7. The van der Waals surface area contributed by atoms with Crippen LogP contribution in [0.5, 0.6) is 0 Å². The summed E-state index contributed by atoms with van der Waals surface area (Å²) in [7, 11) is -3.65. The van der Waals surface area contributed by atoms with Crippen LogP contribution < -0.4 is 5.32 Å². The molecule has 1 amide bonds. The van der Waals surface area contributed by atoms with Crippen molar-refractivity contribution >= 4 is 21.7 Å². The molecule has 0 unspecified atom stereocenters. The monoisotopic (exact) mass is 350 g/mol. The molecule has 0 radical (unpaired) electrons. The van der Waals surface area contributed by atoms with Gasteiger partial charge in [0.2, 0.25) is 15.9 Å². The fourth-order valence-corrected chi connectivity index (χ4v) is 4.22. The summed E-state index contributed by atoms with van der Waals surface area (Å²) in [6.45, 7) is 5.94. The highest BCUT2D eigenvalue weighted by Crippen LogP contribution is 2.24. The number of carbonyl (C=O) groups excluding carboxylic acids is 2. The Labute approximate surface area is 142 Å². The quantitative estimate of drug-likeness (QED) is 0.624. The number of benzene rings is 1. The minimum atomic E-state index is -3.65. The lowest BCUT2D eigenvalue weighted by molar-refractivity contribution is -0.125. The zero-order chi connectivity index (χ0) is 17.7. The maximum atomic E-state index is 12.7. The Bertz CT molecular complexity index is 735. The first-order valence-corrected chi connectivity index (χ1v) is 9.30. The van der Waals surface area contributed by atoms with E-state index >= 15 is 0 Å². The predicted molar refractivity (Wildman–Crippen MR) is 91.1 cm³/mol. The second kappa shape index (κ2) is 7.72. The summed E-state index contributed by atoms with van der Waals surface area (Å²) >= 11 is 0. The SMILES string of the molecule is C=CCNC(=O)C1CCN(S(=O)(=O)c2cccc(C(C)=O)c2)CC1. The van der Waals surface area contributed by atoms with Crippen LogP contribution in [0, 0.1) is 5.92 Å². The normalized spacial score (nSPS) is 16.5. The van der Waals surface area contributed by atoms with Crippen molar-refractivity contribution in [3.63, 3.8) is 0 Å². The second-order valence-electron chi connectivity index (χ2n) is 5.80. The van der Waals surface area contributed by atoms with Gasteiger partial charge >= 0.3 is 0 Å². The van der Waals surface area contributed by atoms with Crippen LogP contribution in [-0.4, -0.2) is 44.0 Å². The molecule has 1 aliphatic heterocycles. The number of amides is 1. The van der Waals surface area contributed by atoms with Gasteiger partial charge in [-0.3, -0.25) is 9.59 Å². The van der Waals surface area contributed by atoms with Crippen LogP contribution in [0.15, 0.2) is 41.8 Å². The summed E-state index contributed by atoms with van der Waals surface area (Å²) in [4.78, 5) is 23.5. The van der Waals surface area contributed by atoms with E-state index in [1.807, 2.05) is 0 Å². The van der Waals surface area contributed by atoms with E-state index in [4.69, 9.17) is 0 Å². The number of piperidine rings is 1. The summed E-state index contributed by atoms with van der Waals surface area (Å²) in [5.74, 6) is -0.421. The Morgan fingerprint density at radius 3 is 2.58 bits per heavy atom. The molecule has 1 N–H and O–H groups in total. The van der Waals surface area contributed by atoms with E-state index in [1.165, 1.54) is 23.4 Å². The van der Waals surface area contributed by atoms with Gasteiger partial charge in [-0.05, 0) is 31.9 Å². The highest BCUT2D eigenvalue weighted by atomic mass is 32.2. The van der Waals surface area contributed by atoms with Crippen molar-refractivity contribution in [3.8, 4) is 0 Å². The van der Waals surface area contributed by atoms with Gasteiger partial charge in [-0.2, -0.15) is 4.31 Å². The lowest BCUT2D eigenvalue weighted by Gasteiger charge is -2.30. The summed E-state index contributed by atoms with van der Waals surface area (Å²) in [5, 5.41) is 2.74. The minimum Gasteiger partial charge on any atom is -0.352 e. The second-order valence-corrected chi connectivity index (χ2v) is 7.73. The molecule has 1 heterocycles. The number of rotatable bonds is 6. The summed E-state index contributed by atoms with van der Waals surface area (Å²) < 4.78 is 26.8. The van der Waals surface area contributed by atoms with Gasteiger partial charge in [0.1, 0.15) is 0 Å². The van der Waals surface area contributed by atoms with Gasteiger partial charge in [-0.25, -0.2) is 8.42 Å². The van der Waals surface area contributed by atoms with Crippen molar-refractivity contribution in [2.24, 2.45) is 5.92 Å². The average molecular weight is 350 g/mol. The fraction of sp³-hybridized carbons (Fsp3) is 0.412. The molecular weight excluding hydrogens is 328 g/mol. The molecule has 130 valence electrons. The Balaban J connectivity index is 2.07. The lowest BCUT2D eigenvalue weighted by Crippen LogP contribution is -2.43. The molecule has 1 aliphatic rings. The molecule has 1 aromatic carbocycles. The summed E-state index contributed by atoms with van der Waals surface area (Å²) in [5.41, 5.74) is 0.370. The predicted octanol–water partition coefficient (Wildman–Crippen LogP) is 1.59. The fourth-order valence-electron chi connectivity index (χ4n) is 2.70. The van der Waals surface area contributed by atoms with Crippen molar-refractivity contribution in [2.45, 2.75) is 24.7 Å². The molecule has 0 bridgehead atoms. The van der Waals surface area contributed by atoms with E-state index in [-0.39, 0.29) is 22.5 Å². The Hall–Kier alpha value is -1.99. The van der Waals surface area contributed by atoms with Crippen LogP contribution >= 0.6 is 0 Å². The molecule has 7 heteroatoms. The number of hydrogen-bond donors (Lipinski definition) is 1. The van der Waals surface area contributed by atoms with Crippen LogP contribution in [0.25, 0.3) is 0 Å². The largest absolute Gasteiger partial charge is 0.352 e. The maximum absolute atomic E-state index is 12.7. The van der Waals surface area contributed by atoms with Crippen LogP contribution in [0.1, 0.15) is 30.1 Å². The molecule has 1 fully saturated rings. The number of nitrogens with one attached hydrogen (secondary N) is 1. The van der Waals surface area contributed by atoms with Gasteiger partial charge < -0.3 is 5.32 Å². The van der Waals surface area contributed by atoms with Crippen LogP contribution in [0.2, 0.25) is 0 Å². The smallest absolute Gasteiger partial charge is 0.243 e. The Morgan fingerprint density at radius 2 is 2.00 bits per heavy atom. The maximum Gasteiger partial charge on any atom is 0.243 e. The standard InChI is InChI=1S/C17H22N2O4S/c1-3-9-18-17(21)14-7-10-19(11-8-14)24(22,23)16-6-4-5-15(12-16)13(2)20/h3-6,12,14H,1,7-11H2,2H3,(H,18,21). The van der Waals surface area contributed by atoms with E-state index < -0.39 is 10.0 Å². The minimum absolute atomic E-state index is 0.0643. The summed E-state index contributed by atoms with van der Waals surface area (Å²) in [6, 6.07) is 6.06. The molecule has 0 spiro atoms. The third kappa shape index (κ3) is 4.10. The molecule has 24 heavy (non-hydrogen) atoms. The lowest BCUT2D eigenvalue weighted by atomic mass is 9.97. The Kier molecular flexibility index (Phi) is 5.90. The third-order valence-corrected chi connectivity index (χ3v) is 6.02. The molecule has 1 aromatic rings. The van der Waals surface area contributed by atoms with E-state index in [0.29, 0.717) is 38.0 Å². The number of hydrogen-bond acceptors (Lipinski definition) is 4. The number of ketones is 1. The van der Waals surface area contributed by atoms with Gasteiger partial charge in [0.15, 0.2) is 5.78 Å². The van der Waals surface area contributed by atoms with Gasteiger partial charge in [0, 0.05) is 31.1 Å². The number of sulfonamides is 1. The van der Waals surface area contributed by atoms with Crippen LogP contribution in [0.3, 0.4) is 0 Å². The van der Waals surface area contributed by atoms with Gasteiger partial charge in [-0.1, -0.05) is 18.2 Å². The van der Waals surface area contributed by atoms with Crippen molar-refractivity contribution in [1.29, 1.82) is 0 Å². The van der Waals surface area contributed by atoms with Gasteiger partial charge in [-0.15, -0.1) is 6.58 Å². The van der Waals surface area contributed by atoms with Gasteiger partial charge in [0.05, 0.1) is 4.90 Å². The molecular formula is C17H22N2O4S. The van der Waals surface area contributed by atoms with E-state index in [9.17, 15) is 18.0 Å². The highest BCUT2D eigenvalue weighted by Gasteiger charge is 2.32. The highest BCUT2D eigenvalue weighted by molar-refractivity contribution is 7.89. The molecule has 0 atom stereocenters. The third-order valence-electron chi connectivity index (χ3n) is 4.12. The molecule has 0 saturated carbocycles. The number of nitrogens with zero attached hydrogens (tertiary/aromatic N) is 1. The first-order valence-electron chi connectivity index (χ1n) is 7.86. The van der Waals surface area contributed by atoms with Crippen LogP contribution in [-0.2, 0) is 14.8 Å². The molecule has 6 nitrogen and oxygen atoms in total. The van der Waals surface area contributed by atoms with Crippen molar-refractivity contribution in [2.75, 3.05) is 19.6 Å². The van der Waals surface area contributed by atoms with E-state index in [2.05, 4.69) is 11.9 Å². The van der Waals surface area contributed by atoms with Crippen molar-refractivity contribution in [3.05, 3.63) is 42.5 Å². The Morgan fingerprint density at radius 1 is 1.33 bits per heavy atom. The van der Waals surface area contributed by atoms with Crippen molar-refractivity contribution < 1.29 is 18.0 Å². The van der Waals surface area contributed by atoms with Crippen LogP contribution in [0.4, 0.5) is 0 Å². The first-order chi connectivity index (χ1) is 11.4. The molecule has 1 saturated heterocycles. The van der Waals surface area contributed by atoms with E-state index in [0.717, 1.165) is 0 Å². The number of carbonyl (C=O) groups is 2. The van der Waals surface area contributed by atoms with Gasteiger partial charge in [0.25, 0.3) is 0 Å². The van der Waals surface area contributed by atoms with Crippen molar-refractivity contribution in [1.82, 2.24) is 9.62 Å². The zero-order valence-corrected chi connectivity index (χ0v) is 14.5. The number of Topliss-reactive ketones (excluding diaryl/α,β-unsaturated/α-hetero) is 1. The topological polar surface area (TPSA) is 83.6 Å². The first kappa shape index (κ1) is 18.4. The molecule has 0 aromatic heterocycles. The average Bonchev–Trinajstić information content (AvgIpc) is 2.59. The van der Waals surface area contributed by atoms with E-state index in [1.54, 1.807) is 18.2 Å². The molecule has 2 rings (SSSR count). The summed E-state index contributed by atoms with van der Waals surface area (Å²) in [6.07, 6.45) is 2.57. The molecule has 0 aliphatic carbocycles.